The van der Waals surface area contributed by atoms with E-state index in [1.807, 2.05) is 13.8 Å². The van der Waals surface area contributed by atoms with E-state index in [1.165, 1.54) is 18.2 Å². The van der Waals surface area contributed by atoms with E-state index in [-0.39, 0.29) is 39.9 Å². The second-order valence-corrected chi connectivity index (χ2v) is 9.83. The topological polar surface area (TPSA) is 96.0 Å². The predicted octanol–water partition coefficient (Wildman–Crippen LogP) is 1.25. The molecule has 2 saturated heterocycles. The highest BCUT2D eigenvalue weighted by molar-refractivity contribution is 7.94. The standard InChI is InChI=1S/C18H24ClN3O5S/c1-18(2,21-6-8-27-9-7-21)12-20-17(24)14-4-3-13(11-15(14)19)22-16(23)5-10-28(22,25)26/h3-4,11H,5-10,12H2,1-2H3,(H,20,24). The van der Waals surface area contributed by atoms with Crippen LogP contribution in [0.4, 0.5) is 5.69 Å². The fourth-order valence-corrected chi connectivity index (χ4v) is 5.07. The second kappa shape index (κ2) is 7.98. The van der Waals surface area contributed by atoms with Crippen LogP contribution in [0.1, 0.15) is 30.6 Å². The van der Waals surface area contributed by atoms with Crippen molar-refractivity contribution < 1.29 is 22.7 Å². The maximum Gasteiger partial charge on any atom is 0.252 e. The number of halogens is 1. The van der Waals surface area contributed by atoms with E-state index >= 15 is 0 Å². The molecular weight excluding hydrogens is 406 g/mol. The van der Waals surface area contributed by atoms with E-state index in [0.29, 0.717) is 19.8 Å². The Balaban J connectivity index is 1.70. The highest BCUT2D eigenvalue weighted by Gasteiger charge is 2.36. The molecule has 0 bridgehead atoms. The highest BCUT2D eigenvalue weighted by Crippen LogP contribution is 2.29. The average molecular weight is 430 g/mol. The number of sulfonamides is 1. The van der Waals surface area contributed by atoms with Gasteiger partial charge in [-0.25, -0.2) is 12.7 Å². The van der Waals surface area contributed by atoms with Gasteiger partial charge in [-0.1, -0.05) is 11.6 Å². The monoisotopic (exact) mass is 429 g/mol. The summed E-state index contributed by atoms with van der Waals surface area (Å²) in [7, 11) is -3.67. The Hall–Kier alpha value is -1.68. The van der Waals surface area contributed by atoms with Crippen LogP contribution in [0.5, 0.6) is 0 Å². The van der Waals surface area contributed by atoms with Crippen molar-refractivity contribution in [1.29, 1.82) is 0 Å². The first-order chi connectivity index (χ1) is 13.1. The molecule has 2 heterocycles. The van der Waals surface area contributed by atoms with Crippen LogP contribution in [0.3, 0.4) is 0 Å². The van der Waals surface area contributed by atoms with Gasteiger partial charge < -0.3 is 10.1 Å². The highest BCUT2D eigenvalue weighted by atomic mass is 35.5. The van der Waals surface area contributed by atoms with Crippen LogP contribution < -0.4 is 9.62 Å². The van der Waals surface area contributed by atoms with Crippen LogP contribution in [0.15, 0.2) is 18.2 Å². The van der Waals surface area contributed by atoms with E-state index in [0.717, 1.165) is 17.4 Å². The molecule has 0 atom stereocenters. The lowest BCUT2D eigenvalue weighted by Gasteiger charge is -2.40. The minimum atomic E-state index is -3.67. The number of rotatable bonds is 5. The fourth-order valence-electron chi connectivity index (χ4n) is 3.36. The molecule has 2 fully saturated rings. The maximum atomic E-state index is 12.6. The van der Waals surface area contributed by atoms with Crippen molar-refractivity contribution in [2.75, 3.05) is 42.9 Å². The number of hydrogen-bond donors (Lipinski definition) is 1. The molecule has 0 radical (unpaired) electrons. The van der Waals surface area contributed by atoms with Gasteiger partial charge in [0.25, 0.3) is 5.91 Å². The minimum Gasteiger partial charge on any atom is -0.379 e. The number of benzene rings is 1. The molecule has 0 aromatic heterocycles. The van der Waals surface area contributed by atoms with E-state index in [1.54, 1.807) is 0 Å². The van der Waals surface area contributed by atoms with E-state index in [4.69, 9.17) is 16.3 Å². The van der Waals surface area contributed by atoms with Gasteiger partial charge in [0.2, 0.25) is 15.9 Å². The summed E-state index contributed by atoms with van der Waals surface area (Å²) in [5.41, 5.74) is 0.131. The average Bonchev–Trinajstić information content (AvgIpc) is 2.93. The summed E-state index contributed by atoms with van der Waals surface area (Å²) < 4.78 is 30.2. The number of amides is 2. The predicted molar refractivity (Wildman–Crippen MR) is 106 cm³/mol. The molecule has 0 unspecified atom stereocenters. The summed E-state index contributed by atoms with van der Waals surface area (Å²) in [4.78, 5) is 26.7. The van der Waals surface area contributed by atoms with Gasteiger partial charge in [-0.05, 0) is 32.0 Å². The molecule has 1 aromatic rings. The van der Waals surface area contributed by atoms with Gasteiger partial charge in [-0.3, -0.25) is 14.5 Å². The zero-order valence-electron chi connectivity index (χ0n) is 15.9. The number of anilines is 1. The Kier molecular flexibility index (Phi) is 6.00. The van der Waals surface area contributed by atoms with Crippen molar-refractivity contribution >= 4 is 39.1 Å². The van der Waals surface area contributed by atoms with Crippen LogP contribution in [-0.4, -0.2) is 69.3 Å². The third kappa shape index (κ3) is 4.32. The van der Waals surface area contributed by atoms with Gasteiger partial charge in [0.05, 0.1) is 35.2 Å². The van der Waals surface area contributed by atoms with Gasteiger partial charge in [0.15, 0.2) is 0 Å². The van der Waals surface area contributed by atoms with Crippen molar-refractivity contribution in [2.45, 2.75) is 25.8 Å². The fraction of sp³-hybridized carbons (Fsp3) is 0.556. The summed E-state index contributed by atoms with van der Waals surface area (Å²) in [5.74, 6) is -1.07. The van der Waals surface area contributed by atoms with Crippen molar-refractivity contribution in [3.05, 3.63) is 28.8 Å². The minimum absolute atomic E-state index is 0.0567. The first-order valence-electron chi connectivity index (χ1n) is 9.08. The molecule has 8 nitrogen and oxygen atoms in total. The second-order valence-electron chi connectivity index (χ2n) is 7.48. The molecular formula is C18H24ClN3O5S. The van der Waals surface area contributed by atoms with Gasteiger partial charge in [0.1, 0.15) is 0 Å². The van der Waals surface area contributed by atoms with E-state index in [2.05, 4.69) is 10.2 Å². The molecule has 2 aliphatic heterocycles. The molecule has 2 amide bonds. The molecule has 2 aliphatic rings. The largest absolute Gasteiger partial charge is 0.379 e. The molecule has 28 heavy (non-hydrogen) atoms. The smallest absolute Gasteiger partial charge is 0.252 e. The zero-order valence-corrected chi connectivity index (χ0v) is 17.5. The van der Waals surface area contributed by atoms with E-state index < -0.39 is 15.9 Å². The van der Waals surface area contributed by atoms with Gasteiger partial charge in [-0.15, -0.1) is 0 Å². The van der Waals surface area contributed by atoms with E-state index in [9.17, 15) is 18.0 Å². The number of ether oxygens (including phenoxy) is 1. The lowest BCUT2D eigenvalue weighted by molar-refractivity contribution is -0.116. The van der Waals surface area contributed by atoms with Crippen molar-refractivity contribution in [3.63, 3.8) is 0 Å². The van der Waals surface area contributed by atoms with Gasteiger partial charge >= 0.3 is 0 Å². The molecule has 1 N–H and O–H groups in total. The Morgan fingerprint density at radius 3 is 2.54 bits per heavy atom. The molecule has 3 rings (SSSR count). The number of nitrogens with one attached hydrogen (secondary N) is 1. The summed E-state index contributed by atoms with van der Waals surface area (Å²) in [6, 6.07) is 4.20. The summed E-state index contributed by atoms with van der Waals surface area (Å²) >= 11 is 6.22. The van der Waals surface area contributed by atoms with Gasteiger partial charge in [0, 0.05) is 31.6 Å². The molecule has 0 saturated carbocycles. The van der Waals surface area contributed by atoms with Crippen LogP contribution in [0, 0.1) is 0 Å². The van der Waals surface area contributed by atoms with Crippen molar-refractivity contribution in [2.24, 2.45) is 0 Å². The normalized spacial score (nSPS) is 20.4. The number of carbonyl (C=O) groups excluding carboxylic acids is 2. The molecule has 0 spiro atoms. The number of carbonyl (C=O) groups is 2. The van der Waals surface area contributed by atoms with Crippen LogP contribution >= 0.6 is 11.6 Å². The maximum absolute atomic E-state index is 12.6. The Bertz CT molecular complexity index is 881. The number of morpholine rings is 1. The molecule has 1 aromatic carbocycles. The third-order valence-corrected chi connectivity index (χ3v) is 7.06. The van der Waals surface area contributed by atoms with Crippen molar-refractivity contribution in [3.8, 4) is 0 Å². The van der Waals surface area contributed by atoms with Crippen LogP contribution in [0.2, 0.25) is 5.02 Å². The summed E-state index contributed by atoms with van der Waals surface area (Å²) in [5, 5.41) is 2.98. The first-order valence-corrected chi connectivity index (χ1v) is 11.1. The molecule has 0 aliphatic carbocycles. The number of nitrogens with zero attached hydrogens (tertiary/aromatic N) is 2. The molecule has 154 valence electrons. The zero-order chi connectivity index (χ0) is 20.5. The van der Waals surface area contributed by atoms with Crippen molar-refractivity contribution in [1.82, 2.24) is 10.2 Å². The lowest BCUT2D eigenvalue weighted by atomic mass is 10.0. The Morgan fingerprint density at radius 1 is 1.29 bits per heavy atom. The Morgan fingerprint density at radius 2 is 1.96 bits per heavy atom. The quantitative estimate of drug-likeness (QED) is 0.756. The number of hydrogen-bond acceptors (Lipinski definition) is 6. The SMILES string of the molecule is CC(C)(CNC(=O)c1ccc(N2C(=O)CCS2(=O)=O)cc1Cl)N1CCOCC1. The van der Waals surface area contributed by atoms with Crippen LogP contribution in [-0.2, 0) is 19.6 Å². The Labute approximate surface area is 169 Å². The van der Waals surface area contributed by atoms with Gasteiger partial charge in [-0.2, -0.15) is 0 Å². The summed E-state index contributed by atoms with van der Waals surface area (Å²) in [6.45, 7) is 7.46. The first kappa shape index (κ1) is 21.0. The third-order valence-electron chi connectivity index (χ3n) is 5.06. The summed E-state index contributed by atoms with van der Waals surface area (Å²) in [6.07, 6.45) is -0.0567. The van der Waals surface area contributed by atoms with Crippen LogP contribution in [0.25, 0.3) is 0 Å². The molecule has 10 heteroatoms. The lowest BCUT2D eigenvalue weighted by Crippen LogP contribution is -2.55.